The van der Waals surface area contributed by atoms with Crippen LogP contribution >= 0.6 is 11.3 Å². The van der Waals surface area contributed by atoms with E-state index < -0.39 is 0 Å². The van der Waals surface area contributed by atoms with Crippen molar-refractivity contribution in [1.82, 2.24) is 15.1 Å². The molecule has 1 aromatic heterocycles. The van der Waals surface area contributed by atoms with Crippen molar-refractivity contribution in [3.05, 3.63) is 10.0 Å². The SMILES string of the molecule is Cc1nnc(C2CCCN(C(=O)CC(C)(C)C)C2)s1. The highest BCUT2D eigenvalue weighted by Crippen LogP contribution is 2.30. The lowest BCUT2D eigenvalue weighted by Gasteiger charge is -2.33. The highest BCUT2D eigenvalue weighted by atomic mass is 32.1. The van der Waals surface area contributed by atoms with Crippen LogP contribution in [0.4, 0.5) is 0 Å². The lowest BCUT2D eigenvalue weighted by atomic mass is 9.90. The molecule has 1 unspecified atom stereocenters. The van der Waals surface area contributed by atoms with Gasteiger partial charge in [-0.1, -0.05) is 20.8 Å². The standard InChI is InChI=1S/C14H23N3OS/c1-10-15-16-13(19-10)11-6-5-7-17(9-11)12(18)8-14(2,3)4/h11H,5-9H2,1-4H3. The number of carbonyl (C=O) groups is 1. The monoisotopic (exact) mass is 281 g/mol. The number of rotatable bonds is 2. The Morgan fingerprint density at radius 3 is 2.74 bits per heavy atom. The first-order valence-corrected chi connectivity index (χ1v) is 7.74. The molecule has 0 radical (unpaired) electrons. The van der Waals surface area contributed by atoms with Crippen molar-refractivity contribution in [2.24, 2.45) is 5.41 Å². The number of amides is 1. The van der Waals surface area contributed by atoms with Gasteiger partial charge in [0, 0.05) is 25.4 Å². The minimum Gasteiger partial charge on any atom is -0.342 e. The first-order valence-electron chi connectivity index (χ1n) is 6.93. The van der Waals surface area contributed by atoms with Crippen LogP contribution in [0.3, 0.4) is 0 Å². The van der Waals surface area contributed by atoms with Gasteiger partial charge in [0.05, 0.1) is 0 Å². The Bertz CT molecular complexity index is 450. The molecule has 0 N–H and O–H groups in total. The molecular formula is C14H23N3OS. The summed E-state index contributed by atoms with van der Waals surface area (Å²) in [6.07, 6.45) is 2.81. The molecule has 0 aliphatic carbocycles. The highest BCUT2D eigenvalue weighted by Gasteiger charge is 2.28. The largest absolute Gasteiger partial charge is 0.342 e. The van der Waals surface area contributed by atoms with Crippen LogP contribution in [0.2, 0.25) is 0 Å². The molecule has 1 fully saturated rings. The number of aromatic nitrogens is 2. The molecule has 0 aromatic carbocycles. The molecule has 1 amide bonds. The third kappa shape index (κ3) is 4.00. The zero-order chi connectivity index (χ0) is 14.0. The Morgan fingerprint density at radius 2 is 2.16 bits per heavy atom. The smallest absolute Gasteiger partial charge is 0.223 e. The fraction of sp³-hybridized carbons (Fsp3) is 0.786. The summed E-state index contributed by atoms with van der Waals surface area (Å²) in [5.74, 6) is 0.655. The van der Waals surface area contributed by atoms with Gasteiger partial charge < -0.3 is 4.90 Å². The Hall–Kier alpha value is -0.970. The third-order valence-electron chi connectivity index (χ3n) is 3.35. The van der Waals surface area contributed by atoms with E-state index in [-0.39, 0.29) is 11.3 Å². The molecule has 1 aliphatic heterocycles. The van der Waals surface area contributed by atoms with Gasteiger partial charge in [-0.15, -0.1) is 21.5 Å². The van der Waals surface area contributed by atoms with Gasteiger partial charge in [-0.3, -0.25) is 4.79 Å². The first-order chi connectivity index (χ1) is 8.85. The van der Waals surface area contributed by atoms with E-state index in [1.165, 1.54) is 0 Å². The summed E-state index contributed by atoms with van der Waals surface area (Å²) in [6.45, 7) is 10.0. The van der Waals surface area contributed by atoms with E-state index in [4.69, 9.17) is 0 Å². The molecule has 5 heteroatoms. The van der Waals surface area contributed by atoms with Gasteiger partial charge in [0.25, 0.3) is 0 Å². The zero-order valence-electron chi connectivity index (χ0n) is 12.3. The van der Waals surface area contributed by atoms with Gasteiger partial charge in [-0.2, -0.15) is 0 Å². The normalized spacial score (nSPS) is 20.6. The van der Waals surface area contributed by atoms with Crippen LogP contribution in [0, 0.1) is 12.3 Å². The number of carbonyl (C=O) groups excluding carboxylic acids is 1. The fourth-order valence-corrected chi connectivity index (χ4v) is 3.27. The van der Waals surface area contributed by atoms with E-state index in [0.717, 1.165) is 35.9 Å². The van der Waals surface area contributed by atoms with Crippen molar-refractivity contribution in [2.75, 3.05) is 13.1 Å². The number of aryl methyl sites for hydroxylation is 1. The van der Waals surface area contributed by atoms with Crippen LogP contribution in [-0.4, -0.2) is 34.1 Å². The van der Waals surface area contributed by atoms with Crippen molar-refractivity contribution in [1.29, 1.82) is 0 Å². The molecule has 1 aliphatic rings. The van der Waals surface area contributed by atoms with Gasteiger partial charge in [-0.25, -0.2) is 0 Å². The van der Waals surface area contributed by atoms with Crippen LogP contribution in [0.25, 0.3) is 0 Å². The number of hydrogen-bond donors (Lipinski definition) is 0. The Morgan fingerprint density at radius 1 is 1.42 bits per heavy atom. The second kappa shape index (κ2) is 5.57. The Balaban J connectivity index is 1.99. The topological polar surface area (TPSA) is 46.1 Å². The molecular weight excluding hydrogens is 258 g/mol. The molecule has 1 atom stereocenters. The minimum atomic E-state index is 0.0589. The van der Waals surface area contributed by atoms with Crippen LogP contribution < -0.4 is 0 Å². The van der Waals surface area contributed by atoms with Crippen molar-refractivity contribution >= 4 is 17.2 Å². The number of nitrogens with zero attached hydrogens (tertiary/aromatic N) is 3. The summed E-state index contributed by atoms with van der Waals surface area (Å²) in [7, 11) is 0. The fourth-order valence-electron chi connectivity index (χ4n) is 2.45. The lowest BCUT2D eigenvalue weighted by molar-refractivity contribution is -0.134. The second-order valence-electron chi connectivity index (χ2n) is 6.58. The molecule has 19 heavy (non-hydrogen) atoms. The molecule has 4 nitrogen and oxygen atoms in total. The maximum absolute atomic E-state index is 12.3. The van der Waals surface area contributed by atoms with E-state index in [1.807, 2.05) is 11.8 Å². The summed E-state index contributed by atoms with van der Waals surface area (Å²) >= 11 is 1.66. The van der Waals surface area contributed by atoms with Crippen LogP contribution in [0.1, 0.15) is 56.0 Å². The highest BCUT2D eigenvalue weighted by molar-refractivity contribution is 7.11. The summed E-state index contributed by atoms with van der Waals surface area (Å²) in [5.41, 5.74) is 0.0589. The average Bonchev–Trinajstić information content (AvgIpc) is 2.74. The quantitative estimate of drug-likeness (QED) is 0.837. The first kappa shape index (κ1) is 14.4. The summed E-state index contributed by atoms with van der Waals surface area (Å²) in [4.78, 5) is 14.3. The predicted molar refractivity (Wildman–Crippen MR) is 77.3 cm³/mol. The summed E-state index contributed by atoms with van der Waals surface area (Å²) in [6, 6.07) is 0. The van der Waals surface area contributed by atoms with Crippen LogP contribution in [-0.2, 0) is 4.79 Å². The molecule has 2 rings (SSSR count). The third-order valence-corrected chi connectivity index (χ3v) is 4.35. The Kier molecular flexibility index (Phi) is 4.23. The van der Waals surface area contributed by atoms with E-state index in [9.17, 15) is 4.79 Å². The Labute approximate surface area is 119 Å². The number of hydrogen-bond acceptors (Lipinski definition) is 4. The molecule has 0 bridgehead atoms. The average molecular weight is 281 g/mol. The number of piperidine rings is 1. The van der Waals surface area contributed by atoms with Gasteiger partial charge >= 0.3 is 0 Å². The molecule has 2 heterocycles. The molecule has 0 spiro atoms. The maximum atomic E-state index is 12.3. The van der Waals surface area contributed by atoms with E-state index in [0.29, 0.717) is 12.3 Å². The van der Waals surface area contributed by atoms with Gasteiger partial charge in [0.2, 0.25) is 5.91 Å². The van der Waals surface area contributed by atoms with E-state index in [2.05, 4.69) is 31.0 Å². The molecule has 106 valence electrons. The van der Waals surface area contributed by atoms with E-state index >= 15 is 0 Å². The summed E-state index contributed by atoms with van der Waals surface area (Å²) < 4.78 is 0. The maximum Gasteiger partial charge on any atom is 0.223 e. The molecule has 1 saturated heterocycles. The minimum absolute atomic E-state index is 0.0589. The lowest BCUT2D eigenvalue weighted by Crippen LogP contribution is -2.40. The van der Waals surface area contributed by atoms with Crippen molar-refractivity contribution in [3.63, 3.8) is 0 Å². The van der Waals surface area contributed by atoms with Crippen molar-refractivity contribution in [3.8, 4) is 0 Å². The van der Waals surface area contributed by atoms with E-state index in [1.54, 1.807) is 11.3 Å². The molecule has 1 aromatic rings. The van der Waals surface area contributed by atoms with Crippen molar-refractivity contribution in [2.45, 2.75) is 52.9 Å². The zero-order valence-corrected chi connectivity index (χ0v) is 13.1. The van der Waals surface area contributed by atoms with Gasteiger partial charge in [-0.05, 0) is 25.2 Å². The molecule has 0 saturated carbocycles. The van der Waals surface area contributed by atoms with Crippen molar-refractivity contribution < 1.29 is 4.79 Å². The predicted octanol–water partition coefficient (Wildman–Crippen LogP) is 2.99. The van der Waals surface area contributed by atoms with Crippen LogP contribution in [0.15, 0.2) is 0 Å². The number of likely N-dealkylation sites (tertiary alicyclic amines) is 1. The van der Waals surface area contributed by atoms with Gasteiger partial charge in [0.1, 0.15) is 10.0 Å². The van der Waals surface area contributed by atoms with Gasteiger partial charge in [0.15, 0.2) is 0 Å². The summed E-state index contributed by atoms with van der Waals surface area (Å²) in [5, 5.41) is 10.4. The van der Waals surface area contributed by atoms with Crippen LogP contribution in [0.5, 0.6) is 0 Å². The second-order valence-corrected chi connectivity index (χ2v) is 7.79.